The maximum atomic E-state index is 12.7. The number of esters is 2. The molecular formula is C20H24N2O4. The minimum atomic E-state index is -1.25. The quantitative estimate of drug-likeness (QED) is 0.352. The van der Waals surface area contributed by atoms with Crippen LogP contribution in [-0.4, -0.2) is 34.5 Å². The number of benzene rings is 1. The van der Waals surface area contributed by atoms with Crippen LogP contribution in [0.15, 0.2) is 35.5 Å². The van der Waals surface area contributed by atoms with Crippen LogP contribution in [-0.2, 0) is 19.1 Å². The van der Waals surface area contributed by atoms with Crippen LogP contribution in [0.4, 0.5) is 0 Å². The first-order valence-electron chi connectivity index (χ1n) is 8.63. The molecule has 1 aromatic carbocycles. The number of carbonyl (C=O) groups excluding carboxylic acids is 2. The van der Waals surface area contributed by atoms with Gasteiger partial charge in [0.25, 0.3) is 5.79 Å². The van der Waals surface area contributed by atoms with Crippen molar-refractivity contribution in [2.45, 2.75) is 52.0 Å². The highest BCUT2D eigenvalue weighted by Gasteiger charge is 2.50. The fourth-order valence-electron chi connectivity index (χ4n) is 3.04. The minimum absolute atomic E-state index is 0.287. The van der Waals surface area contributed by atoms with Gasteiger partial charge >= 0.3 is 11.9 Å². The van der Waals surface area contributed by atoms with Crippen LogP contribution in [0.25, 0.3) is 6.08 Å². The topological polar surface area (TPSA) is 68.2 Å². The summed E-state index contributed by atoms with van der Waals surface area (Å²) in [6.45, 7) is 9.03. The van der Waals surface area contributed by atoms with Gasteiger partial charge in [0.15, 0.2) is 5.92 Å². The predicted molar refractivity (Wildman–Crippen MR) is 98.1 cm³/mol. The molecule has 2 aliphatic rings. The zero-order valence-electron chi connectivity index (χ0n) is 15.7. The smallest absolute Gasteiger partial charge is 0.326 e. The van der Waals surface area contributed by atoms with E-state index in [2.05, 4.69) is 4.99 Å². The number of nitrogens with zero attached hydrogens (tertiary/aromatic N) is 2. The van der Waals surface area contributed by atoms with Gasteiger partial charge in [-0.2, -0.15) is 0 Å². The van der Waals surface area contributed by atoms with Crippen molar-refractivity contribution in [2.75, 3.05) is 0 Å². The third kappa shape index (κ3) is 3.64. The van der Waals surface area contributed by atoms with Crippen molar-refractivity contribution in [1.82, 2.24) is 4.90 Å². The van der Waals surface area contributed by atoms with Gasteiger partial charge in [0, 0.05) is 20.0 Å². The molecule has 1 fully saturated rings. The molecule has 3 rings (SSSR count). The molecule has 1 unspecified atom stereocenters. The number of hydrogen-bond donors (Lipinski definition) is 0. The molecular weight excluding hydrogens is 332 g/mol. The van der Waals surface area contributed by atoms with Crippen LogP contribution < -0.4 is 0 Å². The Kier molecular flexibility index (Phi) is 4.38. The Hall–Kier alpha value is -2.63. The first-order valence-corrected chi connectivity index (χ1v) is 8.63. The van der Waals surface area contributed by atoms with Crippen molar-refractivity contribution >= 4 is 24.4 Å². The van der Waals surface area contributed by atoms with E-state index in [1.165, 1.54) is 0 Å². The van der Waals surface area contributed by atoms with Crippen molar-refractivity contribution < 1.29 is 19.1 Å². The molecule has 0 N–H and O–H groups in total. The van der Waals surface area contributed by atoms with E-state index < -0.39 is 29.7 Å². The van der Waals surface area contributed by atoms with Crippen molar-refractivity contribution in [3.05, 3.63) is 41.6 Å². The van der Waals surface area contributed by atoms with E-state index in [1.807, 2.05) is 57.3 Å². The highest BCUT2D eigenvalue weighted by molar-refractivity contribution is 5.98. The summed E-state index contributed by atoms with van der Waals surface area (Å²) in [7, 11) is 0. The number of rotatable bonds is 2. The van der Waals surface area contributed by atoms with Crippen LogP contribution in [0.5, 0.6) is 0 Å². The molecule has 0 bridgehead atoms. The lowest BCUT2D eigenvalue weighted by Crippen LogP contribution is -2.51. The summed E-state index contributed by atoms with van der Waals surface area (Å²) < 4.78 is 10.7. The summed E-state index contributed by atoms with van der Waals surface area (Å²) >= 11 is 0. The van der Waals surface area contributed by atoms with Crippen molar-refractivity contribution in [1.29, 1.82) is 0 Å². The molecule has 138 valence electrons. The molecule has 1 atom stereocenters. The van der Waals surface area contributed by atoms with Crippen LogP contribution >= 0.6 is 0 Å². The van der Waals surface area contributed by atoms with E-state index in [0.29, 0.717) is 0 Å². The summed E-state index contributed by atoms with van der Waals surface area (Å²) in [5.74, 6) is -3.51. The van der Waals surface area contributed by atoms with E-state index in [1.54, 1.807) is 25.1 Å². The highest BCUT2D eigenvalue weighted by atomic mass is 16.7. The van der Waals surface area contributed by atoms with Crippen LogP contribution in [0.3, 0.4) is 0 Å². The third-order valence-corrected chi connectivity index (χ3v) is 4.16. The molecule has 6 nitrogen and oxygen atoms in total. The second kappa shape index (κ2) is 6.27. The van der Waals surface area contributed by atoms with Gasteiger partial charge in [-0.25, -0.2) is 0 Å². The summed E-state index contributed by atoms with van der Waals surface area (Å²) in [6, 6.07) is 7.08. The first kappa shape index (κ1) is 18.2. The molecule has 0 spiro atoms. The number of hydrogen-bond acceptors (Lipinski definition) is 5. The molecule has 0 radical (unpaired) electrons. The van der Waals surface area contributed by atoms with Gasteiger partial charge in [0.1, 0.15) is 0 Å². The lowest BCUT2D eigenvalue weighted by atomic mass is 9.86. The monoisotopic (exact) mass is 356 g/mol. The molecule has 0 amide bonds. The number of carbonyl (C=O) groups is 2. The molecule has 0 saturated carbocycles. The van der Waals surface area contributed by atoms with E-state index >= 15 is 0 Å². The Morgan fingerprint density at radius 2 is 1.73 bits per heavy atom. The second-order valence-corrected chi connectivity index (χ2v) is 7.97. The van der Waals surface area contributed by atoms with Gasteiger partial charge in [0.05, 0.1) is 17.9 Å². The maximum absolute atomic E-state index is 12.7. The van der Waals surface area contributed by atoms with Crippen molar-refractivity contribution in [3.63, 3.8) is 0 Å². The third-order valence-electron chi connectivity index (χ3n) is 4.16. The SMILES string of the molecule is CC(C)(C)N=CN1C=Cc2ccccc2C1C1C(=O)OC(C)(C)OC1=O. The molecule has 26 heavy (non-hydrogen) atoms. The Balaban J connectivity index is 2.04. The van der Waals surface area contributed by atoms with Crippen LogP contribution in [0, 0.1) is 5.92 Å². The van der Waals surface area contributed by atoms with E-state index in [0.717, 1.165) is 11.1 Å². The van der Waals surface area contributed by atoms with Gasteiger partial charge in [-0.15, -0.1) is 0 Å². The average Bonchev–Trinajstić information content (AvgIpc) is 2.51. The lowest BCUT2D eigenvalue weighted by Gasteiger charge is -2.40. The normalized spacial score (nSPS) is 23.0. The molecule has 1 saturated heterocycles. The molecule has 2 heterocycles. The maximum Gasteiger partial charge on any atom is 0.326 e. The molecule has 0 aromatic heterocycles. The van der Waals surface area contributed by atoms with Crippen molar-refractivity contribution in [3.8, 4) is 0 Å². The summed E-state index contributed by atoms with van der Waals surface area (Å²) in [4.78, 5) is 31.6. The molecule has 0 aliphatic carbocycles. The summed E-state index contributed by atoms with van der Waals surface area (Å²) in [6.07, 6.45) is 5.42. The molecule has 2 aliphatic heterocycles. The van der Waals surface area contributed by atoms with E-state index in [4.69, 9.17) is 9.47 Å². The zero-order valence-corrected chi connectivity index (χ0v) is 15.7. The van der Waals surface area contributed by atoms with Gasteiger partial charge in [-0.1, -0.05) is 24.3 Å². The number of cyclic esters (lactones) is 2. The molecule has 1 aromatic rings. The van der Waals surface area contributed by atoms with Gasteiger partial charge in [0.2, 0.25) is 0 Å². The Labute approximate surface area is 153 Å². The average molecular weight is 356 g/mol. The number of fused-ring (bicyclic) bond motifs is 1. The van der Waals surface area contributed by atoms with Crippen LogP contribution in [0.1, 0.15) is 51.8 Å². The summed E-state index contributed by atoms with van der Waals surface area (Å²) in [5.41, 5.74) is 1.52. The minimum Gasteiger partial charge on any atom is -0.422 e. The van der Waals surface area contributed by atoms with Gasteiger partial charge in [-0.05, 0) is 38.0 Å². The van der Waals surface area contributed by atoms with E-state index in [9.17, 15) is 9.59 Å². The fraction of sp³-hybridized carbons (Fsp3) is 0.450. The van der Waals surface area contributed by atoms with E-state index in [-0.39, 0.29) is 5.54 Å². The number of ether oxygens (including phenoxy) is 2. The second-order valence-electron chi connectivity index (χ2n) is 7.97. The fourth-order valence-corrected chi connectivity index (χ4v) is 3.04. The lowest BCUT2D eigenvalue weighted by molar-refractivity contribution is -0.242. The number of aliphatic imine (C=N–C) groups is 1. The van der Waals surface area contributed by atoms with Gasteiger partial charge in [-0.3, -0.25) is 14.6 Å². The predicted octanol–water partition coefficient (Wildman–Crippen LogP) is 3.29. The summed E-state index contributed by atoms with van der Waals surface area (Å²) in [5, 5.41) is 0. The Morgan fingerprint density at radius 3 is 2.35 bits per heavy atom. The standard InChI is InChI=1S/C20H24N2O4/c1-19(2,3)21-12-22-11-10-13-8-6-7-9-14(13)16(22)15-17(23)25-20(4,5)26-18(15)24/h6-12,15-16H,1-5H3. The van der Waals surface area contributed by atoms with Crippen molar-refractivity contribution in [2.24, 2.45) is 10.9 Å². The largest absolute Gasteiger partial charge is 0.422 e. The highest BCUT2D eigenvalue weighted by Crippen LogP contribution is 2.39. The zero-order chi connectivity index (χ0) is 19.1. The molecule has 6 heteroatoms. The Bertz CT molecular complexity index is 769. The first-order chi connectivity index (χ1) is 12.1. The van der Waals surface area contributed by atoms with Crippen LogP contribution in [0.2, 0.25) is 0 Å². The Morgan fingerprint density at radius 1 is 1.12 bits per heavy atom. The van der Waals surface area contributed by atoms with Gasteiger partial charge < -0.3 is 14.4 Å².